The highest BCUT2D eigenvalue weighted by Crippen LogP contribution is 2.29. The number of benzene rings is 2. The molecule has 0 saturated heterocycles. The number of halogens is 2. The summed E-state index contributed by atoms with van der Waals surface area (Å²) in [5.41, 5.74) is 3.94. The van der Waals surface area contributed by atoms with Crippen molar-refractivity contribution < 1.29 is 0 Å². The van der Waals surface area contributed by atoms with Crippen LogP contribution >= 0.6 is 31.9 Å². The van der Waals surface area contributed by atoms with E-state index in [1.54, 1.807) is 0 Å². The van der Waals surface area contributed by atoms with Crippen molar-refractivity contribution in [2.24, 2.45) is 0 Å². The molecule has 0 spiro atoms. The first-order chi connectivity index (χ1) is 9.61. The second-order valence-electron chi connectivity index (χ2n) is 4.92. The Morgan fingerprint density at radius 2 is 1.85 bits per heavy atom. The van der Waals surface area contributed by atoms with Crippen LogP contribution in [0.2, 0.25) is 0 Å². The molecule has 3 heteroatoms. The average Bonchev–Trinajstić information content (AvgIpc) is 2.42. The van der Waals surface area contributed by atoms with E-state index in [2.05, 4.69) is 93.5 Å². The summed E-state index contributed by atoms with van der Waals surface area (Å²) in [6.07, 6.45) is 0.981. The molecule has 2 rings (SSSR count). The summed E-state index contributed by atoms with van der Waals surface area (Å²) in [6, 6.07) is 15.3. The van der Waals surface area contributed by atoms with E-state index in [4.69, 9.17) is 0 Å². The Morgan fingerprint density at radius 1 is 1.10 bits per heavy atom. The number of rotatable bonds is 5. The summed E-state index contributed by atoms with van der Waals surface area (Å²) in [6.45, 7) is 5.24. The third-order valence-electron chi connectivity index (χ3n) is 3.38. The summed E-state index contributed by atoms with van der Waals surface area (Å²) in [5, 5.41) is 3.59. The van der Waals surface area contributed by atoms with Crippen LogP contribution in [0.4, 0.5) is 0 Å². The number of nitrogens with one attached hydrogen (secondary N) is 1. The lowest BCUT2D eigenvalue weighted by molar-refractivity contribution is 0.547. The lowest BCUT2D eigenvalue weighted by Crippen LogP contribution is -2.23. The van der Waals surface area contributed by atoms with E-state index in [-0.39, 0.29) is 0 Å². The Labute approximate surface area is 138 Å². The van der Waals surface area contributed by atoms with Gasteiger partial charge in [0.1, 0.15) is 0 Å². The second kappa shape index (κ2) is 7.39. The molecule has 0 aliphatic rings. The van der Waals surface area contributed by atoms with Crippen LogP contribution < -0.4 is 5.32 Å². The zero-order chi connectivity index (χ0) is 14.5. The van der Waals surface area contributed by atoms with Crippen molar-refractivity contribution >= 4 is 31.9 Å². The third-order valence-corrected chi connectivity index (χ3v) is 4.95. The molecule has 0 aliphatic carbocycles. The lowest BCUT2D eigenvalue weighted by atomic mass is 9.97. The number of likely N-dealkylation sites (N-methyl/N-ethyl adjacent to an activating group) is 1. The predicted octanol–water partition coefficient (Wildman–Crippen LogP) is 5.41. The van der Waals surface area contributed by atoms with E-state index in [9.17, 15) is 0 Å². The maximum absolute atomic E-state index is 3.73. The van der Waals surface area contributed by atoms with Crippen LogP contribution in [0, 0.1) is 6.92 Å². The van der Waals surface area contributed by atoms with Crippen LogP contribution in [-0.2, 0) is 6.42 Å². The Balaban J connectivity index is 2.29. The molecule has 0 fully saturated rings. The van der Waals surface area contributed by atoms with Crippen LogP contribution in [-0.4, -0.2) is 6.54 Å². The number of aryl methyl sites for hydroxylation is 1. The summed E-state index contributed by atoms with van der Waals surface area (Å²) in [7, 11) is 0. The number of hydrogen-bond acceptors (Lipinski definition) is 1. The Hall–Kier alpha value is -0.640. The molecule has 0 aromatic heterocycles. The van der Waals surface area contributed by atoms with Crippen molar-refractivity contribution in [3.05, 3.63) is 68.1 Å². The Morgan fingerprint density at radius 3 is 2.55 bits per heavy atom. The molecule has 0 radical (unpaired) electrons. The van der Waals surface area contributed by atoms with Crippen molar-refractivity contribution in [3.8, 4) is 0 Å². The zero-order valence-electron chi connectivity index (χ0n) is 11.8. The van der Waals surface area contributed by atoms with Gasteiger partial charge in [-0.1, -0.05) is 69.1 Å². The summed E-state index contributed by atoms with van der Waals surface area (Å²) in [4.78, 5) is 0. The van der Waals surface area contributed by atoms with Crippen molar-refractivity contribution in [1.82, 2.24) is 5.32 Å². The van der Waals surface area contributed by atoms with Gasteiger partial charge in [-0.3, -0.25) is 0 Å². The van der Waals surface area contributed by atoms with Gasteiger partial charge >= 0.3 is 0 Å². The van der Waals surface area contributed by atoms with Crippen molar-refractivity contribution in [2.45, 2.75) is 26.3 Å². The molecule has 0 saturated carbocycles. The minimum absolute atomic E-state index is 0.323. The maximum Gasteiger partial charge on any atom is 0.0372 e. The van der Waals surface area contributed by atoms with Crippen LogP contribution in [0.25, 0.3) is 0 Å². The normalized spacial score (nSPS) is 12.4. The van der Waals surface area contributed by atoms with E-state index in [1.807, 2.05) is 0 Å². The third kappa shape index (κ3) is 3.94. The van der Waals surface area contributed by atoms with Crippen LogP contribution in [0.15, 0.2) is 51.4 Å². The van der Waals surface area contributed by atoms with Gasteiger partial charge in [0.25, 0.3) is 0 Å². The molecule has 2 aromatic rings. The van der Waals surface area contributed by atoms with E-state index in [1.165, 1.54) is 21.2 Å². The largest absolute Gasteiger partial charge is 0.310 e. The first-order valence-electron chi connectivity index (χ1n) is 6.84. The highest BCUT2D eigenvalue weighted by Gasteiger charge is 2.15. The highest BCUT2D eigenvalue weighted by atomic mass is 79.9. The molecule has 1 nitrogen and oxygen atoms in total. The second-order valence-corrected chi connectivity index (χ2v) is 6.63. The molecule has 1 N–H and O–H groups in total. The quantitative estimate of drug-likeness (QED) is 0.711. The Kier molecular flexibility index (Phi) is 5.82. The maximum atomic E-state index is 3.73. The van der Waals surface area contributed by atoms with Gasteiger partial charge in [0.05, 0.1) is 0 Å². The molecular formula is C17H19Br2N. The van der Waals surface area contributed by atoms with Crippen molar-refractivity contribution in [2.75, 3.05) is 6.54 Å². The average molecular weight is 397 g/mol. The zero-order valence-corrected chi connectivity index (χ0v) is 15.0. The fourth-order valence-corrected chi connectivity index (χ4v) is 3.36. The van der Waals surface area contributed by atoms with Gasteiger partial charge in [-0.2, -0.15) is 0 Å². The molecule has 0 amide bonds. The van der Waals surface area contributed by atoms with Crippen LogP contribution in [0.3, 0.4) is 0 Å². The SMILES string of the molecule is CCNC(Cc1cccc(Br)c1)c1cccc(C)c1Br. The van der Waals surface area contributed by atoms with Gasteiger partial charge in [0.15, 0.2) is 0 Å². The number of hydrogen-bond donors (Lipinski definition) is 1. The minimum Gasteiger partial charge on any atom is -0.310 e. The molecule has 1 atom stereocenters. The molecule has 1 unspecified atom stereocenters. The topological polar surface area (TPSA) is 12.0 Å². The van der Waals surface area contributed by atoms with E-state index >= 15 is 0 Å². The molecule has 0 bridgehead atoms. The molecule has 0 aliphatic heterocycles. The van der Waals surface area contributed by atoms with Crippen LogP contribution in [0.5, 0.6) is 0 Å². The molecule has 0 heterocycles. The smallest absolute Gasteiger partial charge is 0.0372 e. The molecule has 2 aromatic carbocycles. The van der Waals surface area contributed by atoms with Crippen LogP contribution in [0.1, 0.15) is 29.7 Å². The lowest BCUT2D eigenvalue weighted by Gasteiger charge is -2.21. The van der Waals surface area contributed by atoms with Gasteiger partial charge < -0.3 is 5.32 Å². The summed E-state index contributed by atoms with van der Waals surface area (Å²) in [5.74, 6) is 0. The van der Waals surface area contributed by atoms with Gasteiger partial charge in [0, 0.05) is 15.0 Å². The predicted molar refractivity (Wildman–Crippen MR) is 93.1 cm³/mol. The summed E-state index contributed by atoms with van der Waals surface area (Å²) >= 11 is 7.27. The fraction of sp³-hybridized carbons (Fsp3) is 0.294. The van der Waals surface area contributed by atoms with Crippen molar-refractivity contribution in [3.63, 3.8) is 0 Å². The molecular weight excluding hydrogens is 378 g/mol. The molecule has 20 heavy (non-hydrogen) atoms. The minimum atomic E-state index is 0.323. The van der Waals surface area contributed by atoms with E-state index in [0.717, 1.165) is 17.4 Å². The monoisotopic (exact) mass is 395 g/mol. The standard InChI is InChI=1S/C17H19Br2N/c1-3-20-16(11-13-7-5-8-14(18)10-13)15-9-4-6-12(2)17(15)19/h4-10,16,20H,3,11H2,1-2H3. The first-order valence-corrected chi connectivity index (χ1v) is 8.43. The van der Waals surface area contributed by atoms with Gasteiger partial charge in [-0.05, 0) is 48.7 Å². The van der Waals surface area contributed by atoms with Gasteiger partial charge in [-0.15, -0.1) is 0 Å². The van der Waals surface area contributed by atoms with E-state index in [0.29, 0.717) is 6.04 Å². The van der Waals surface area contributed by atoms with Gasteiger partial charge in [-0.25, -0.2) is 0 Å². The van der Waals surface area contributed by atoms with Gasteiger partial charge in [0.2, 0.25) is 0 Å². The molecule has 106 valence electrons. The van der Waals surface area contributed by atoms with Crippen molar-refractivity contribution in [1.29, 1.82) is 0 Å². The Bertz CT molecular complexity index is 581. The fourth-order valence-electron chi connectivity index (χ4n) is 2.38. The highest BCUT2D eigenvalue weighted by molar-refractivity contribution is 9.10. The first kappa shape index (κ1) is 15.7. The summed E-state index contributed by atoms with van der Waals surface area (Å²) < 4.78 is 2.34. The van der Waals surface area contributed by atoms with E-state index < -0.39 is 0 Å².